The molecule has 0 radical (unpaired) electrons. The molecule has 0 aliphatic rings. The van der Waals surface area contributed by atoms with E-state index in [2.05, 4.69) is 49.0 Å². The largest absolute Gasteiger partial charge is 0.252 e. The van der Waals surface area contributed by atoms with Gasteiger partial charge in [0.1, 0.15) is 0 Å². The topological polar surface area (TPSA) is 12.9 Å². The molecule has 0 atom stereocenters. The second kappa shape index (κ2) is 6.36. The van der Waals surface area contributed by atoms with Crippen LogP contribution < -0.4 is 0 Å². The third kappa shape index (κ3) is 2.89. The third-order valence-electron chi connectivity index (χ3n) is 3.27. The smallest absolute Gasteiger partial charge is 0.0705 e. The molecule has 0 amide bonds. The Morgan fingerprint density at radius 1 is 0.950 bits per heavy atom. The summed E-state index contributed by atoms with van der Waals surface area (Å²) < 4.78 is 0. The van der Waals surface area contributed by atoms with E-state index in [9.17, 15) is 0 Å². The van der Waals surface area contributed by atoms with Gasteiger partial charge in [0.15, 0.2) is 0 Å². The predicted molar refractivity (Wildman–Crippen MR) is 88.3 cm³/mol. The molecule has 1 heterocycles. The van der Waals surface area contributed by atoms with Gasteiger partial charge < -0.3 is 0 Å². The lowest BCUT2D eigenvalue weighted by Crippen LogP contribution is -1.96. The van der Waals surface area contributed by atoms with E-state index in [1.807, 2.05) is 24.3 Å². The summed E-state index contributed by atoms with van der Waals surface area (Å²) >= 11 is 0. The maximum absolute atomic E-state index is 4.77. The van der Waals surface area contributed by atoms with Crippen LogP contribution >= 0.6 is 12.4 Å². The van der Waals surface area contributed by atoms with Crippen molar-refractivity contribution < 1.29 is 0 Å². The number of fused-ring (bicyclic) bond motifs is 1. The fourth-order valence-electron chi connectivity index (χ4n) is 2.28. The molecular weight excluding hydrogens is 266 g/mol. The molecule has 2 heteroatoms. The second-order valence-electron chi connectivity index (χ2n) is 4.58. The highest BCUT2D eigenvalue weighted by Crippen LogP contribution is 2.20. The Hall–Kier alpha value is -2.12. The number of hydrogen-bond acceptors (Lipinski definition) is 1. The highest BCUT2D eigenvalue weighted by Gasteiger charge is 2.05. The minimum absolute atomic E-state index is 0. The zero-order valence-electron chi connectivity index (χ0n) is 11.1. The average Bonchev–Trinajstić information content (AvgIpc) is 2.47. The van der Waals surface area contributed by atoms with Crippen LogP contribution in [0.4, 0.5) is 0 Å². The lowest BCUT2D eigenvalue weighted by atomic mass is 10.0. The SMILES string of the molecule is C=Cc1cc2ccccc2nc1Cc1ccccc1.Cl. The summed E-state index contributed by atoms with van der Waals surface area (Å²) in [6.45, 7) is 3.90. The number of aromatic nitrogens is 1. The standard InChI is InChI=1S/C18H15N.ClH/c1-2-15-13-16-10-6-7-11-17(16)19-18(15)12-14-8-4-3-5-9-14;/h2-11,13H,1,12H2;1H. The number of halogens is 1. The number of para-hydroxylation sites is 1. The fourth-order valence-corrected chi connectivity index (χ4v) is 2.28. The van der Waals surface area contributed by atoms with Gasteiger partial charge in [-0.3, -0.25) is 4.98 Å². The number of benzene rings is 2. The summed E-state index contributed by atoms with van der Waals surface area (Å²) in [4.78, 5) is 4.77. The molecule has 0 fully saturated rings. The molecule has 0 spiro atoms. The van der Waals surface area contributed by atoms with E-state index in [1.54, 1.807) is 0 Å². The molecular formula is C18H16ClN. The van der Waals surface area contributed by atoms with Gasteiger partial charge in [-0.1, -0.05) is 61.2 Å². The molecule has 1 aromatic heterocycles. The first-order valence-corrected chi connectivity index (χ1v) is 6.42. The zero-order chi connectivity index (χ0) is 13.1. The number of hydrogen-bond donors (Lipinski definition) is 0. The second-order valence-corrected chi connectivity index (χ2v) is 4.58. The Kier molecular flexibility index (Phi) is 4.54. The van der Waals surface area contributed by atoms with Crippen molar-refractivity contribution in [3.05, 3.63) is 84.1 Å². The van der Waals surface area contributed by atoms with Crippen molar-refractivity contribution in [1.29, 1.82) is 0 Å². The summed E-state index contributed by atoms with van der Waals surface area (Å²) in [5.74, 6) is 0. The van der Waals surface area contributed by atoms with E-state index in [1.165, 1.54) is 5.56 Å². The number of rotatable bonds is 3. The molecule has 3 rings (SSSR count). The van der Waals surface area contributed by atoms with E-state index in [0.29, 0.717) is 0 Å². The molecule has 0 saturated heterocycles. The van der Waals surface area contributed by atoms with Crippen molar-refractivity contribution in [1.82, 2.24) is 4.98 Å². The van der Waals surface area contributed by atoms with Crippen LogP contribution in [0.3, 0.4) is 0 Å². The first-order chi connectivity index (χ1) is 9.36. The summed E-state index contributed by atoms with van der Waals surface area (Å²) in [6.07, 6.45) is 2.73. The molecule has 0 aliphatic heterocycles. The van der Waals surface area contributed by atoms with Gasteiger partial charge in [-0.25, -0.2) is 0 Å². The summed E-state index contributed by atoms with van der Waals surface area (Å²) in [5.41, 5.74) is 4.51. The van der Waals surface area contributed by atoms with Gasteiger partial charge in [0.25, 0.3) is 0 Å². The molecule has 0 bridgehead atoms. The number of pyridine rings is 1. The summed E-state index contributed by atoms with van der Waals surface area (Å²) in [7, 11) is 0. The Morgan fingerprint density at radius 3 is 2.40 bits per heavy atom. The molecule has 20 heavy (non-hydrogen) atoms. The molecule has 0 aliphatic carbocycles. The van der Waals surface area contributed by atoms with Crippen LogP contribution in [0.15, 0.2) is 67.2 Å². The Balaban J connectivity index is 0.00000147. The zero-order valence-corrected chi connectivity index (χ0v) is 11.9. The van der Waals surface area contributed by atoms with Crippen LogP contribution in [0.2, 0.25) is 0 Å². The highest BCUT2D eigenvalue weighted by atomic mass is 35.5. The first-order valence-electron chi connectivity index (χ1n) is 6.42. The molecule has 1 nitrogen and oxygen atoms in total. The Bertz CT molecular complexity index is 720. The predicted octanol–water partition coefficient (Wildman–Crippen LogP) is 4.89. The molecule has 0 saturated carbocycles. The van der Waals surface area contributed by atoms with Gasteiger partial charge >= 0.3 is 0 Å². The van der Waals surface area contributed by atoms with E-state index >= 15 is 0 Å². The monoisotopic (exact) mass is 281 g/mol. The van der Waals surface area contributed by atoms with Crippen molar-refractivity contribution in [2.24, 2.45) is 0 Å². The third-order valence-corrected chi connectivity index (χ3v) is 3.27. The van der Waals surface area contributed by atoms with Crippen molar-refractivity contribution in [3.8, 4) is 0 Å². The van der Waals surface area contributed by atoms with E-state index in [4.69, 9.17) is 4.98 Å². The van der Waals surface area contributed by atoms with Crippen molar-refractivity contribution >= 4 is 29.4 Å². The van der Waals surface area contributed by atoms with Gasteiger partial charge in [-0.2, -0.15) is 0 Å². The van der Waals surface area contributed by atoms with E-state index < -0.39 is 0 Å². The fraction of sp³-hybridized carbons (Fsp3) is 0.0556. The molecule has 100 valence electrons. The Morgan fingerprint density at radius 2 is 1.65 bits per heavy atom. The van der Waals surface area contributed by atoms with Crippen molar-refractivity contribution in [2.45, 2.75) is 6.42 Å². The van der Waals surface area contributed by atoms with Gasteiger partial charge in [-0.15, -0.1) is 12.4 Å². The lowest BCUT2D eigenvalue weighted by Gasteiger charge is -2.08. The highest BCUT2D eigenvalue weighted by molar-refractivity contribution is 5.85. The van der Waals surface area contributed by atoms with Crippen LogP contribution in [0.1, 0.15) is 16.8 Å². The van der Waals surface area contributed by atoms with Crippen molar-refractivity contribution in [3.63, 3.8) is 0 Å². The van der Waals surface area contributed by atoms with Crippen molar-refractivity contribution in [2.75, 3.05) is 0 Å². The van der Waals surface area contributed by atoms with Crippen LogP contribution in [0.25, 0.3) is 17.0 Å². The average molecular weight is 282 g/mol. The van der Waals surface area contributed by atoms with Crippen LogP contribution in [0.5, 0.6) is 0 Å². The molecule has 2 aromatic carbocycles. The minimum atomic E-state index is 0. The van der Waals surface area contributed by atoms with Gasteiger partial charge in [0, 0.05) is 11.8 Å². The maximum atomic E-state index is 4.77. The van der Waals surface area contributed by atoms with Gasteiger partial charge in [0.2, 0.25) is 0 Å². The van der Waals surface area contributed by atoms with Gasteiger partial charge in [0.05, 0.1) is 11.2 Å². The molecule has 0 unspecified atom stereocenters. The number of nitrogens with zero attached hydrogens (tertiary/aromatic N) is 1. The lowest BCUT2D eigenvalue weighted by molar-refractivity contribution is 1.09. The maximum Gasteiger partial charge on any atom is 0.0705 e. The minimum Gasteiger partial charge on any atom is -0.252 e. The van der Waals surface area contributed by atoms with Gasteiger partial charge in [-0.05, 0) is 23.3 Å². The van der Waals surface area contributed by atoms with Crippen LogP contribution in [-0.2, 0) is 6.42 Å². The Labute approximate surface area is 125 Å². The van der Waals surface area contributed by atoms with Crippen LogP contribution in [-0.4, -0.2) is 4.98 Å². The first kappa shape index (κ1) is 14.3. The molecule has 0 N–H and O–H groups in total. The molecule has 3 aromatic rings. The van der Waals surface area contributed by atoms with E-state index in [-0.39, 0.29) is 12.4 Å². The quantitative estimate of drug-likeness (QED) is 0.666. The normalized spacial score (nSPS) is 10.0. The summed E-state index contributed by atoms with van der Waals surface area (Å²) in [6, 6.07) is 20.8. The van der Waals surface area contributed by atoms with E-state index in [0.717, 1.165) is 28.6 Å². The summed E-state index contributed by atoms with van der Waals surface area (Å²) in [5, 5.41) is 1.16. The van der Waals surface area contributed by atoms with Crippen LogP contribution in [0, 0.1) is 0 Å².